The van der Waals surface area contributed by atoms with E-state index in [1.165, 1.54) is 6.92 Å². The van der Waals surface area contributed by atoms with Gasteiger partial charge in [-0.1, -0.05) is 13.8 Å². The lowest BCUT2D eigenvalue weighted by atomic mass is 9.43. The summed E-state index contributed by atoms with van der Waals surface area (Å²) in [5, 5.41) is 0. The van der Waals surface area contributed by atoms with E-state index in [2.05, 4.69) is 4.18 Å². The van der Waals surface area contributed by atoms with Crippen LogP contribution in [-0.4, -0.2) is 37.6 Å². The van der Waals surface area contributed by atoms with E-state index in [9.17, 15) is 16.8 Å². The van der Waals surface area contributed by atoms with Crippen LogP contribution in [0.5, 0.6) is 0 Å². The topological polar surface area (TPSA) is 127 Å². The van der Waals surface area contributed by atoms with Crippen molar-refractivity contribution in [2.45, 2.75) is 45.3 Å². The molecule has 0 aliphatic heterocycles. The molecule has 0 spiro atoms. The van der Waals surface area contributed by atoms with Gasteiger partial charge >= 0.3 is 20.8 Å². The second-order valence-electron chi connectivity index (χ2n) is 6.25. The van der Waals surface area contributed by atoms with E-state index in [1.54, 1.807) is 0 Å². The van der Waals surface area contributed by atoms with Gasteiger partial charge in [0.2, 0.25) is 0 Å². The summed E-state index contributed by atoms with van der Waals surface area (Å²) in [6, 6.07) is 0. The Hall–Kier alpha value is -0.260. The Balaban J connectivity index is 2.38. The number of fused-ring (bicyclic) bond motifs is 2. The second kappa shape index (κ2) is 4.37. The van der Waals surface area contributed by atoms with Crippen LogP contribution in [0.25, 0.3) is 0 Å². The van der Waals surface area contributed by atoms with E-state index in [0.717, 1.165) is 0 Å². The molecule has 0 radical (unpaired) electrons. The fourth-order valence-corrected chi connectivity index (χ4v) is 4.97. The molecule has 3 aliphatic carbocycles. The monoisotopic (exact) mass is 330 g/mol. The van der Waals surface area contributed by atoms with Gasteiger partial charge in [0.15, 0.2) is 0 Å². The van der Waals surface area contributed by atoms with Gasteiger partial charge < -0.3 is 0 Å². The lowest BCUT2D eigenvalue weighted by molar-refractivity contribution is -0.227. The first-order valence-corrected chi connectivity index (χ1v) is 8.82. The molecule has 10 heteroatoms. The Labute approximate surface area is 118 Å². The fraction of sp³-hybridized carbons (Fsp3) is 1.00. The van der Waals surface area contributed by atoms with Crippen LogP contribution in [0.3, 0.4) is 0 Å². The van der Waals surface area contributed by atoms with E-state index in [4.69, 9.17) is 13.3 Å². The van der Waals surface area contributed by atoms with Crippen LogP contribution in [0.1, 0.15) is 33.6 Å². The molecular formula is C10H18O8S2. The molecule has 0 heterocycles. The summed E-state index contributed by atoms with van der Waals surface area (Å²) < 4.78 is 71.0. The van der Waals surface area contributed by atoms with Crippen LogP contribution in [0, 0.1) is 17.3 Å². The average molecular weight is 330 g/mol. The van der Waals surface area contributed by atoms with Crippen molar-refractivity contribution >= 4 is 20.8 Å². The van der Waals surface area contributed by atoms with Crippen LogP contribution in [-0.2, 0) is 29.2 Å². The normalized spacial score (nSPS) is 40.1. The minimum atomic E-state index is -4.79. The molecular weight excluding hydrogens is 312 g/mol. The van der Waals surface area contributed by atoms with Crippen molar-refractivity contribution in [1.29, 1.82) is 0 Å². The minimum Gasteiger partial charge on any atom is -0.264 e. The van der Waals surface area contributed by atoms with E-state index < -0.39 is 32.5 Å². The molecule has 3 saturated carbocycles. The van der Waals surface area contributed by atoms with Gasteiger partial charge in [0, 0.05) is 0 Å². The summed E-state index contributed by atoms with van der Waals surface area (Å²) >= 11 is 0. The van der Waals surface area contributed by atoms with Crippen molar-refractivity contribution < 1.29 is 34.3 Å². The van der Waals surface area contributed by atoms with E-state index in [1.807, 2.05) is 13.8 Å². The first-order valence-electron chi connectivity index (χ1n) is 6.09. The van der Waals surface area contributed by atoms with Crippen molar-refractivity contribution in [3.05, 3.63) is 0 Å². The maximum atomic E-state index is 11.1. The molecule has 2 bridgehead atoms. The SMILES string of the molecule is CC1(C)C2CC(OS(=O)(=O)O)C(C)(OS(=O)(=O)O)C1C2. The van der Waals surface area contributed by atoms with Crippen molar-refractivity contribution in [1.82, 2.24) is 0 Å². The Bertz CT molecular complexity index is 607. The summed E-state index contributed by atoms with van der Waals surface area (Å²) in [7, 11) is -9.53. The highest BCUT2D eigenvalue weighted by Gasteiger charge is 2.66. The Morgan fingerprint density at radius 2 is 1.55 bits per heavy atom. The van der Waals surface area contributed by atoms with Crippen LogP contribution >= 0.6 is 0 Å². The fourth-order valence-electron chi connectivity index (χ4n) is 3.73. The van der Waals surface area contributed by atoms with E-state index >= 15 is 0 Å². The van der Waals surface area contributed by atoms with Crippen LogP contribution < -0.4 is 0 Å². The summed E-state index contributed by atoms with van der Waals surface area (Å²) in [5.41, 5.74) is -1.82. The van der Waals surface area contributed by atoms with E-state index in [0.29, 0.717) is 6.42 Å². The van der Waals surface area contributed by atoms with Gasteiger partial charge in [0.1, 0.15) is 11.7 Å². The third-order valence-electron chi connectivity index (χ3n) is 4.82. The van der Waals surface area contributed by atoms with Crippen LogP contribution in [0.15, 0.2) is 0 Å². The van der Waals surface area contributed by atoms with Gasteiger partial charge in [-0.25, -0.2) is 8.37 Å². The summed E-state index contributed by atoms with van der Waals surface area (Å²) in [5.74, 6) is -0.181. The zero-order valence-electron chi connectivity index (χ0n) is 11.3. The Kier molecular flexibility index (Phi) is 3.52. The van der Waals surface area contributed by atoms with Gasteiger partial charge in [0.05, 0.1) is 0 Å². The zero-order chi connectivity index (χ0) is 15.6. The van der Waals surface area contributed by atoms with Crippen molar-refractivity contribution in [2.24, 2.45) is 17.3 Å². The molecule has 3 rings (SSSR count). The summed E-state index contributed by atoms with van der Waals surface area (Å²) in [4.78, 5) is 0. The molecule has 4 unspecified atom stereocenters. The minimum absolute atomic E-state index is 0.136. The zero-order valence-corrected chi connectivity index (χ0v) is 12.9. The van der Waals surface area contributed by atoms with Gasteiger partial charge in [-0.2, -0.15) is 16.8 Å². The molecule has 0 amide bonds. The molecule has 4 atom stereocenters. The Morgan fingerprint density at radius 1 is 1.00 bits per heavy atom. The summed E-state index contributed by atoms with van der Waals surface area (Å²) in [6.07, 6.45) is -0.309. The summed E-state index contributed by atoms with van der Waals surface area (Å²) in [6.45, 7) is 5.21. The molecule has 8 nitrogen and oxygen atoms in total. The highest BCUT2D eigenvalue weighted by molar-refractivity contribution is 7.81. The largest absolute Gasteiger partial charge is 0.397 e. The highest BCUT2D eigenvalue weighted by Crippen LogP contribution is 2.64. The predicted molar refractivity (Wildman–Crippen MR) is 67.5 cm³/mol. The lowest BCUT2D eigenvalue weighted by Gasteiger charge is -2.65. The van der Waals surface area contributed by atoms with Gasteiger partial charge in [0.25, 0.3) is 0 Å². The van der Waals surface area contributed by atoms with Crippen molar-refractivity contribution in [3.63, 3.8) is 0 Å². The number of hydrogen-bond acceptors (Lipinski definition) is 6. The molecule has 0 aromatic heterocycles. The molecule has 0 aromatic carbocycles. The molecule has 20 heavy (non-hydrogen) atoms. The predicted octanol–water partition coefficient (Wildman–Crippen LogP) is 0.819. The third-order valence-corrected chi connectivity index (χ3v) is 5.87. The molecule has 118 valence electrons. The van der Waals surface area contributed by atoms with Gasteiger partial charge in [-0.3, -0.25) is 9.11 Å². The first kappa shape index (κ1) is 16.1. The van der Waals surface area contributed by atoms with Crippen LogP contribution in [0.4, 0.5) is 0 Å². The quantitative estimate of drug-likeness (QED) is 0.725. The maximum absolute atomic E-state index is 11.1. The highest BCUT2D eigenvalue weighted by atomic mass is 32.3. The molecule has 2 N–H and O–H groups in total. The Morgan fingerprint density at radius 3 is 1.95 bits per heavy atom. The number of rotatable bonds is 4. The smallest absolute Gasteiger partial charge is 0.264 e. The molecule has 0 saturated heterocycles. The van der Waals surface area contributed by atoms with Crippen LogP contribution in [0.2, 0.25) is 0 Å². The molecule has 3 aliphatic rings. The molecule has 3 fully saturated rings. The maximum Gasteiger partial charge on any atom is 0.397 e. The van der Waals surface area contributed by atoms with Gasteiger partial charge in [-0.15, -0.1) is 0 Å². The lowest BCUT2D eigenvalue weighted by Crippen LogP contribution is -2.68. The first-order chi connectivity index (χ1) is 8.76. The number of hydrogen-bond donors (Lipinski definition) is 2. The van der Waals surface area contributed by atoms with Gasteiger partial charge in [-0.05, 0) is 37.0 Å². The standard InChI is InChI=1S/C10H18O8S2/c1-9(2)6-4-7(9)10(3,18-20(14,15)16)8(5-6)17-19(11,12)13/h6-8H,4-5H2,1-3H3,(H,11,12,13)(H,14,15,16). The van der Waals surface area contributed by atoms with Crippen molar-refractivity contribution in [2.75, 3.05) is 0 Å². The average Bonchev–Trinajstić information content (AvgIpc) is 2.15. The van der Waals surface area contributed by atoms with Crippen molar-refractivity contribution in [3.8, 4) is 0 Å². The third kappa shape index (κ3) is 2.72. The molecule has 0 aromatic rings. The second-order valence-corrected chi connectivity index (χ2v) is 8.32. The van der Waals surface area contributed by atoms with E-state index in [-0.39, 0.29) is 23.7 Å².